The fourth-order valence-electron chi connectivity index (χ4n) is 3.73. The van der Waals surface area contributed by atoms with Crippen molar-refractivity contribution >= 4 is 37.5 Å². The molecule has 156 valence electrons. The molecule has 1 atom stereocenters. The molecule has 0 spiro atoms. The van der Waals surface area contributed by atoms with E-state index in [1.54, 1.807) is 24.3 Å². The van der Waals surface area contributed by atoms with Gasteiger partial charge in [0.2, 0.25) is 15.9 Å². The summed E-state index contributed by atoms with van der Waals surface area (Å²) in [7, 11) is -3.60. The van der Waals surface area contributed by atoms with Gasteiger partial charge in [-0.3, -0.25) is 4.79 Å². The first-order chi connectivity index (χ1) is 13.7. The Morgan fingerprint density at radius 2 is 1.90 bits per heavy atom. The zero-order valence-corrected chi connectivity index (χ0v) is 19.4. The molecular weight excluding hydrogens is 452 g/mol. The lowest BCUT2D eigenvalue weighted by Gasteiger charge is -2.31. The quantitative estimate of drug-likeness (QED) is 0.678. The van der Waals surface area contributed by atoms with Crippen LogP contribution in [0.15, 0.2) is 45.8 Å². The van der Waals surface area contributed by atoms with Crippen LogP contribution in [-0.4, -0.2) is 31.7 Å². The highest BCUT2D eigenvalue weighted by molar-refractivity contribution is 9.10. The molecule has 1 heterocycles. The number of rotatable bonds is 5. The number of nitrogens with zero attached hydrogens (tertiary/aromatic N) is 1. The van der Waals surface area contributed by atoms with E-state index < -0.39 is 10.0 Å². The summed E-state index contributed by atoms with van der Waals surface area (Å²) in [4.78, 5) is 13.3. The molecule has 0 saturated carbocycles. The third-order valence-corrected chi connectivity index (χ3v) is 7.76. The molecule has 1 fully saturated rings. The maximum absolute atomic E-state index is 13.0. The average Bonchev–Trinajstić information content (AvgIpc) is 2.70. The number of sulfonamides is 1. The van der Waals surface area contributed by atoms with Crippen LogP contribution in [0.1, 0.15) is 36.5 Å². The van der Waals surface area contributed by atoms with Gasteiger partial charge in [0.05, 0.1) is 10.8 Å². The zero-order valence-electron chi connectivity index (χ0n) is 17.0. The standard InChI is InChI=1S/C22H27BrN2O3S/c1-4-17-13-19(23)12-16(3)21(17)24-22(26)18-6-5-11-25(14-18)29(27,28)20-9-7-15(2)8-10-20/h7-10,12-13,18H,4-6,11,14H2,1-3H3,(H,24,26)/t18-/m1/s1. The lowest BCUT2D eigenvalue weighted by atomic mass is 9.98. The molecule has 0 unspecified atom stereocenters. The normalized spacial score (nSPS) is 17.9. The van der Waals surface area contributed by atoms with E-state index in [2.05, 4.69) is 21.2 Å². The van der Waals surface area contributed by atoms with Crippen LogP contribution in [0.2, 0.25) is 0 Å². The number of halogens is 1. The molecule has 3 rings (SSSR count). The Kier molecular flexibility index (Phi) is 6.81. The van der Waals surface area contributed by atoms with Crippen LogP contribution < -0.4 is 5.32 Å². The van der Waals surface area contributed by atoms with Crippen molar-refractivity contribution in [3.8, 4) is 0 Å². The van der Waals surface area contributed by atoms with Gasteiger partial charge in [0.15, 0.2) is 0 Å². The molecule has 29 heavy (non-hydrogen) atoms. The predicted molar refractivity (Wildman–Crippen MR) is 120 cm³/mol. The summed E-state index contributed by atoms with van der Waals surface area (Å²) in [5.41, 5.74) is 3.89. The summed E-state index contributed by atoms with van der Waals surface area (Å²) in [5, 5.41) is 3.06. The Morgan fingerprint density at radius 3 is 2.55 bits per heavy atom. The third-order valence-electron chi connectivity index (χ3n) is 5.42. The first-order valence-electron chi connectivity index (χ1n) is 9.89. The van der Waals surface area contributed by atoms with Gasteiger partial charge in [-0.25, -0.2) is 8.42 Å². The second kappa shape index (κ2) is 8.98. The largest absolute Gasteiger partial charge is 0.325 e. The number of benzene rings is 2. The lowest BCUT2D eigenvalue weighted by Crippen LogP contribution is -2.43. The van der Waals surface area contributed by atoms with Crippen LogP contribution in [0, 0.1) is 19.8 Å². The summed E-state index contributed by atoms with van der Waals surface area (Å²) < 4.78 is 28.4. The van der Waals surface area contributed by atoms with Crippen molar-refractivity contribution < 1.29 is 13.2 Å². The van der Waals surface area contributed by atoms with Crippen molar-refractivity contribution in [3.63, 3.8) is 0 Å². The summed E-state index contributed by atoms with van der Waals surface area (Å²) in [6, 6.07) is 10.8. The molecule has 1 saturated heterocycles. The van der Waals surface area contributed by atoms with E-state index in [9.17, 15) is 13.2 Å². The van der Waals surface area contributed by atoms with Gasteiger partial charge in [0, 0.05) is 23.2 Å². The van der Waals surface area contributed by atoms with Gasteiger partial charge in [-0.2, -0.15) is 4.31 Å². The molecule has 1 amide bonds. The maximum atomic E-state index is 13.0. The summed E-state index contributed by atoms with van der Waals surface area (Å²) >= 11 is 3.50. The number of nitrogens with one attached hydrogen (secondary N) is 1. The fraction of sp³-hybridized carbons (Fsp3) is 0.409. The van der Waals surface area contributed by atoms with Crippen LogP contribution in [0.3, 0.4) is 0 Å². The van der Waals surface area contributed by atoms with E-state index in [1.165, 1.54) is 4.31 Å². The predicted octanol–water partition coefficient (Wildman–Crippen LogP) is 4.67. The van der Waals surface area contributed by atoms with Gasteiger partial charge < -0.3 is 5.32 Å². The Labute approximate surface area is 181 Å². The van der Waals surface area contributed by atoms with Gasteiger partial charge in [0.25, 0.3) is 0 Å². The van der Waals surface area contributed by atoms with Gasteiger partial charge >= 0.3 is 0 Å². The molecule has 0 radical (unpaired) electrons. The van der Waals surface area contributed by atoms with E-state index >= 15 is 0 Å². The Bertz CT molecular complexity index is 1000. The monoisotopic (exact) mass is 478 g/mol. The minimum atomic E-state index is -3.60. The van der Waals surface area contributed by atoms with Gasteiger partial charge in [-0.1, -0.05) is 40.5 Å². The van der Waals surface area contributed by atoms with Gasteiger partial charge in [-0.15, -0.1) is 0 Å². The molecule has 0 bridgehead atoms. The smallest absolute Gasteiger partial charge is 0.243 e. The highest BCUT2D eigenvalue weighted by Crippen LogP contribution is 2.29. The van der Waals surface area contributed by atoms with Crippen LogP contribution in [0.5, 0.6) is 0 Å². The fourth-order valence-corrected chi connectivity index (χ4v) is 5.87. The average molecular weight is 479 g/mol. The number of anilines is 1. The maximum Gasteiger partial charge on any atom is 0.243 e. The molecule has 1 aliphatic heterocycles. The molecule has 0 aliphatic carbocycles. The minimum absolute atomic E-state index is 0.117. The molecule has 2 aromatic carbocycles. The van der Waals surface area contributed by atoms with E-state index in [0.29, 0.717) is 19.4 Å². The van der Waals surface area contributed by atoms with Crippen molar-refractivity contribution in [3.05, 3.63) is 57.6 Å². The molecule has 1 aliphatic rings. The number of hydrogen-bond acceptors (Lipinski definition) is 3. The second-order valence-corrected chi connectivity index (χ2v) is 10.5. The molecule has 1 N–H and O–H groups in total. The van der Waals surface area contributed by atoms with Crippen molar-refractivity contribution in [1.82, 2.24) is 4.31 Å². The number of carbonyl (C=O) groups is 1. The van der Waals surface area contributed by atoms with E-state index in [0.717, 1.165) is 33.3 Å². The van der Waals surface area contributed by atoms with Crippen molar-refractivity contribution in [2.45, 2.75) is 44.9 Å². The Hall–Kier alpha value is -1.70. The highest BCUT2D eigenvalue weighted by atomic mass is 79.9. The highest BCUT2D eigenvalue weighted by Gasteiger charge is 2.33. The Balaban J connectivity index is 1.77. The van der Waals surface area contributed by atoms with Gasteiger partial charge in [0.1, 0.15) is 0 Å². The van der Waals surface area contributed by atoms with Crippen LogP contribution in [0.4, 0.5) is 5.69 Å². The zero-order chi connectivity index (χ0) is 21.2. The topological polar surface area (TPSA) is 66.5 Å². The molecular formula is C22H27BrN2O3S. The molecule has 0 aromatic heterocycles. The van der Waals surface area contributed by atoms with Crippen molar-refractivity contribution in [2.75, 3.05) is 18.4 Å². The van der Waals surface area contributed by atoms with E-state index in [1.807, 2.05) is 32.9 Å². The number of aryl methyl sites for hydroxylation is 3. The third kappa shape index (κ3) is 4.90. The number of carbonyl (C=O) groups excluding carboxylic acids is 1. The van der Waals surface area contributed by atoms with Crippen molar-refractivity contribution in [2.24, 2.45) is 5.92 Å². The number of piperidine rings is 1. The van der Waals surface area contributed by atoms with Crippen LogP contribution >= 0.6 is 15.9 Å². The number of amides is 1. The first kappa shape index (κ1) is 22.0. The first-order valence-corrected chi connectivity index (χ1v) is 12.1. The molecule has 7 heteroatoms. The lowest BCUT2D eigenvalue weighted by molar-refractivity contribution is -0.120. The van der Waals surface area contributed by atoms with E-state index in [4.69, 9.17) is 0 Å². The van der Waals surface area contributed by atoms with Gasteiger partial charge in [-0.05, 0) is 68.5 Å². The SMILES string of the molecule is CCc1cc(Br)cc(C)c1NC(=O)[C@@H]1CCCN(S(=O)(=O)c2ccc(C)cc2)C1. The van der Waals surface area contributed by atoms with Crippen molar-refractivity contribution in [1.29, 1.82) is 0 Å². The number of hydrogen-bond donors (Lipinski definition) is 1. The van der Waals surface area contributed by atoms with Crippen LogP contribution in [0.25, 0.3) is 0 Å². The second-order valence-electron chi connectivity index (χ2n) is 7.61. The summed E-state index contributed by atoms with van der Waals surface area (Å²) in [6.45, 7) is 6.59. The van der Waals surface area contributed by atoms with Crippen LogP contribution in [-0.2, 0) is 21.2 Å². The summed E-state index contributed by atoms with van der Waals surface area (Å²) in [6.07, 6.45) is 2.15. The molecule has 2 aromatic rings. The molecule has 5 nitrogen and oxygen atoms in total. The Morgan fingerprint density at radius 1 is 1.21 bits per heavy atom. The summed E-state index contributed by atoms with van der Waals surface area (Å²) in [5.74, 6) is -0.481. The van der Waals surface area contributed by atoms with E-state index in [-0.39, 0.29) is 23.3 Å². The minimum Gasteiger partial charge on any atom is -0.325 e.